The van der Waals surface area contributed by atoms with Gasteiger partial charge in [-0.25, -0.2) is 4.79 Å². The highest BCUT2D eigenvalue weighted by molar-refractivity contribution is 5.98. The fourth-order valence-electron chi connectivity index (χ4n) is 3.18. The van der Waals surface area contributed by atoms with Crippen molar-refractivity contribution in [3.8, 4) is 23.0 Å². The first-order valence-corrected chi connectivity index (χ1v) is 10.4. The Kier molecular flexibility index (Phi) is 6.87. The lowest BCUT2D eigenvalue weighted by Gasteiger charge is -2.12. The number of esters is 1. The van der Waals surface area contributed by atoms with Gasteiger partial charge in [0.2, 0.25) is 0 Å². The second-order valence-electron chi connectivity index (χ2n) is 7.16. The Bertz CT molecular complexity index is 1210. The molecule has 0 fully saturated rings. The van der Waals surface area contributed by atoms with Gasteiger partial charge < -0.3 is 24.3 Å². The standard InChI is InChI=1S/C24H20N2O8/c27-23(25-18-13-21-22(14-19(18)26(29)30)32-12-6-11-31-21)15-33-24(28)17-9-4-5-10-20(17)34-16-7-2-1-3-8-16/h1-5,7-10,13-14H,6,11-12,15H2,(H,25,27). The lowest BCUT2D eigenvalue weighted by Crippen LogP contribution is -2.21. The van der Waals surface area contributed by atoms with Gasteiger partial charge in [-0.3, -0.25) is 14.9 Å². The molecule has 0 bridgehead atoms. The number of nitro benzene ring substituents is 1. The third-order valence-corrected chi connectivity index (χ3v) is 4.75. The molecule has 1 aliphatic heterocycles. The molecule has 1 amide bonds. The molecule has 3 aromatic rings. The van der Waals surface area contributed by atoms with Crippen LogP contribution in [-0.2, 0) is 9.53 Å². The highest BCUT2D eigenvalue weighted by Gasteiger charge is 2.24. The Morgan fingerprint density at radius 3 is 2.38 bits per heavy atom. The van der Waals surface area contributed by atoms with E-state index >= 15 is 0 Å². The number of rotatable bonds is 7. The third-order valence-electron chi connectivity index (χ3n) is 4.75. The van der Waals surface area contributed by atoms with Crippen molar-refractivity contribution in [3.05, 3.63) is 82.4 Å². The molecule has 1 heterocycles. The minimum absolute atomic E-state index is 0.0943. The topological polar surface area (TPSA) is 126 Å². The Labute approximate surface area is 194 Å². The molecule has 4 rings (SSSR count). The summed E-state index contributed by atoms with van der Waals surface area (Å²) in [4.78, 5) is 35.8. The zero-order valence-electron chi connectivity index (χ0n) is 17.9. The highest BCUT2D eigenvalue weighted by Crippen LogP contribution is 2.39. The lowest BCUT2D eigenvalue weighted by atomic mass is 10.2. The Balaban J connectivity index is 1.43. The number of ether oxygens (including phenoxy) is 4. The summed E-state index contributed by atoms with van der Waals surface area (Å²) in [6.07, 6.45) is 0.621. The number of carbonyl (C=O) groups is 2. The van der Waals surface area contributed by atoms with Gasteiger partial charge in [-0.05, 0) is 24.3 Å². The summed E-state index contributed by atoms with van der Waals surface area (Å²) in [5.74, 6) is -0.242. The molecular formula is C24H20N2O8. The maximum absolute atomic E-state index is 12.6. The predicted molar refractivity (Wildman–Crippen MR) is 121 cm³/mol. The summed E-state index contributed by atoms with van der Waals surface area (Å²) in [5.41, 5.74) is -0.339. The van der Waals surface area contributed by atoms with Gasteiger partial charge in [0, 0.05) is 12.5 Å². The largest absolute Gasteiger partial charge is 0.489 e. The van der Waals surface area contributed by atoms with E-state index in [2.05, 4.69) is 5.32 Å². The van der Waals surface area contributed by atoms with E-state index in [4.69, 9.17) is 18.9 Å². The monoisotopic (exact) mass is 464 g/mol. The SMILES string of the molecule is O=C(COC(=O)c1ccccc1Oc1ccccc1)Nc1cc2c(cc1[N+](=O)[O-])OCCCO2. The zero-order chi connectivity index (χ0) is 23.9. The summed E-state index contributed by atoms with van der Waals surface area (Å²) >= 11 is 0. The van der Waals surface area contributed by atoms with Crippen molar-refractivity contribution in [1.29, 1.82) is 0 Å². The number of nitrogens with zero attached hydrogens (tertiary/aromatic N) is 1. The van der Waals surface area contributed by atoms with Crippen molar-refractivity contribution >= 4 is 23.3 Å². The van der Waals surface area contributed by atoms with Crippen molar-refractivity contribution in [2.45, 2.75) is 6.42 Å². The molecule has 0 aromatic heterocycles. The molecule has 0 spiro atoms. The van der Waals surface area contributed by atoms with Crippen LogP contribution >= 0.6 is 0 Å². The van der Waals surface area contributed by atoms with Gasteiger partial charge in [-0.1, -0.05) is 30.3 Å². The van der Waals surface area contributed by atoms with Crippen molar-refractivity contribution in [3.63, 3.8) is 0 Å². The number of anilines is 1. The van der Waals surface area contributed by atoms with E-state index in [1.807, 2.05) is 6.07 Å². The minimum atomic E-state index is -0.783. The molecule has 0 saturated carbocycles. The van der Waals surface area contributed by atoms with Gasteiger partial charge in [0.1, 0.15) is 22.7 Å². The van der Waals surface area contributed by atoms with Crippen LogP contribution in [0.5, 0.6) is 23.0 Å². The summed E-state index contributed by atoms with van der Waals surface area (Å²) < 4.78 is 21.8. The number of nitro groups is 1. The fourth-order valence-corrected chi connectivity index (χ4v) is 3.18. The molecule has 3 aromatic carbocycles. The van der Waals surface area contributed by atoms with Crippen molar-refractivity contribution in [1.82, 2.24) is 0 Å². The fraction of sp³-hybridized carbons (Fsp3) is 0.167. The van der Waals surface area contributed by atoms with E-state index in [9.17, 15) is 19.7 Å². The van der Waals surface area contributed by atoms with Gasteiger partial charge in [0.15, 0.2) is 18.1 Å². The molecule has 0 unspecified atom stereocenters. The van der Waals surface area contributed by atoms with E-state index in [0.717, 1.165) is 0 Å². The van der Waals surface area contributed by atoms with Crippen molar-refractivity contribution < 1.29 is 33.5 Å². The maximum atomic E-state index is 12.6. The van der Waals surface area contributed by atoms with Crippen LogP contribution in [0.4, 0.5) is 11.4 Å². The van der Waals surface area contributed by atoms with Crippen LogP contribution in [0.25, 0.3) is 0 Å². The molecule has 174 valence electrons. The van der Waals surface area contributed by atoms with Gasteiger partial charge in [0.25, 0.3) is 11.6 Å². The van der Waals surface area contributed by atoms with E-state index in [1.54, 1.807) is 42.5 Å². The summed E-state index contributed by atoms with van der Waals surface area (Å²) in [7, 11) is 0. The van der Waals surface area contributed by atoms with E-state index in [1.165, 1.54) is 18.2 Å². The van der Waals surface area contributed by atoms with Crippen molar-refractivity contribution in [2.75, 3.05) is 25.1 Å². The summed E-state index contributed by atoms with van der Waals surface area (Å²) in [6, 6.07) is 17.8. The van der Waals surface area contributed by atoms with Crippen LogP contribution in [0, 0.1) is 10.1 Å². The van der Waals surface area contributed by atoms with E-state index in [0.29, 0.717) is 25.4 Å². The van der Waals surface area contributed by atoms with Gasteiger partial charge in [-0.15, -0.1) is 0 Å². The first-order valence-electron chi connectivity index (χ1n) is 10.4. The molecule has 0 radical (unpaired) electrons. The van der Waals surface area contributed by atoms with Crippen LogP contribution in [0.2, 0.25) is 0 Å². The number of hydrogen-bond donors (Lipinski definition) is 1. The Morgan fingerprint density at radius 2 is 1.65 bits per heavy atom. The molecular weight excluding hydrogens is 444 g/mol. The smallest absolute Gasteiger partial charge is 0.342 e. The first-order chi connectivity index (χ1) is 16.5. The molecule has 10 nitrogen and oxygen atoms in total. The first kappa shape index (κ1) is 22.6. The number of benzene rings is 3. The van der Waals surface area contributed by atoms with E-state index in [-0.39, 0.29) is 34.2 Å². The average Bonchev–Trinajstić information content (AvgIpc) is 3.08. The molecule has 0 saturated heterocycles. The molecule has 1 N–H and O–H groups in total. The second-order valence-corrected chi connectivity index (χ2v) is 7.16. The molecule has 34 heavy (non-hydrogen) atoms. The lowest BCUT2D eigenvalue weighted by molar-refractivity contribution is -0.384. The van der Waals surface area contributed by atoms with Crippen LogP contribution in [0.3, 0.4) is 0 Å². The Morgan fingerprint density at radius 1 is 0.971 bits per heavy atom. The second kappa shape index (κ2) is 10.3. The third kappa shape index (κ3) is 5.41. The number of carbonyl (C=O) groups excluding carboxylic acids is 2. The van der Waals surface area contributed by atoms with Crippen molar-refractivity contribution in [2.24, 2.45) is 0 Å². The summed E-state index contributed by atoms with van der Waals surface area (Å²) in [6.45, 7) is 0.0750. The van der Waals surface area contributed by atoms with Crippen LogP contribution in [0.15, 0.2) is 66.7 Å². The zero-order valence-corrected chi connectivity index (χ0v) is 17.9. The van der Waals surface area contributed by atoms with Crippen LogP contribution in [-0.4, -0.2) is 36.6 Å². The van der Waals surface area contributed by atoms with Crippen LogP contribution in [0.1, 0.15) is 16.8 Å². The summed E-state index contributed by atoms with van der Waals surface area (Å²) in [5, 5.41) is 13.9. The number of fused-ring (bicyclic) bond motifs is 1. The minimum Gasteiger partial charge on any atom is -0.489 e. The van der Waals surface area contributed by atoms with Gasteiger partial charge in [-0.2, -0.15) is 0 Å². The van der Waals surface area contributed by atoms with Crippen LogP contribution < -0.4 is 19.5 Å². The average molecular weight is 464 g/mol. The number of hydrogen-bond acceptors (Lipinski definition) is 8. The Hall–Kier alpha value is -4.60. The number of para-hydroxylation sites is 2. The van der Waals surface area contributed by atoms with E-state index < -0.39 is 23.4 Å². The predicted octanol–water partition coefficient (Wildman–Crippen LogP) is 4.34. The number of amides is 1. The molecule has 0 atom stereocenters. The van der Waals surface area contributed by atoms with Gasteiger partial charge in [0.05, 0.1) is 24.2 Å². The molecule has 0 aliphatic carbocycles. The highest BCUT2D eigenvalue weighted by atomic mass is 16.6. The quantitative estimate of drug-likeness (QED) is 0.311. The molecule has 1 aliphatic rings. The maximum Gasteiger partial charge on any atom is 0.342 e. The number of nitrogens with one attached hydrogen (secondary N) is 1. The molecule has 10 heteroatoms. The van der Waals surface area contributed by atoms with Gasteiger partial charge >= 0.3 is 5.97 Å². The normalized spacial score (nSPS) is 12.2.